The molecule has 0 aliphatic heterocycles. The highest BCUT2D eigenvalue weighted by atomic mass is 16.4. The second-order valence-corrected chi connectivity index (χ2v) is 5.14. The van der Waals surface area contributed by atoms with Gasteiger partial charge in [-0.1, -0.05) is 30.3 Å². The average Bonchev–Trinajstić information content (AvgIpc) is 2.56. The molecule has 0 bridgehead atoms. The smallest absolute Gasteiger partial charge is 0.404 e. The van der Waals surface area contributed by atoms with Crippen molar-refractivity contribution in [2.75, 3.05) is 6.54 Å². The van der Waals surface area contributed by atoms with Crippen LogP contribution < -0.4 is 10.6 Å². The highest BCUT2D eigenvalue weighted by Gasteiger charge is 2.21. The Morgan fingerprint density at radius 2 is 2.00 bits per heavy atom. The van der Waals surface area contributed by atoms with E-state index in [-0.39, 0.29) is 6.54 Å². The molecule has 0 aliphatic rings. The molecule has 2 unspecified atom stereocenters. The number of nitrogens with one attached hydrogen (secondary N) is 2. The van der Waals surface area contributed by atoms with Crippen molar-refractivity contribution in [3.8, 4) is 0 Å². The van der Waals surface area contributed by atoms with Crippen molar-refractivity contribution in [3.63, 3.8) is 0 Å². The summed E-state index contributed by atoms with van der Waals surface area (Å²) < 4.78 is 0. The number of aliphatic hydroxyl groups is 1. The topological polar surface area (TPSA) is 107 Å². The summed E-state index contributed by atoms with van der Waals surface area (Å²) in [6.45, 7) is 0.699. The third-order valence-corrected chi connectivity index (χ3v) is 3.35. The number of nitrogens with zero attached hydrogens (tertiary/aromatic N) is 2. The first-order valence-corrected chi connectivity index (χ1v) is 7.32. The SMILES string of the molecule is O=C(O)NC(Cc1ccccc1)C(O)CNCc1cnccn1. The standard InChI is InChI=1S/C16H20N4O3/c21-15(11-18-10-13-9-17-6-7-19-13)14(20-16(22)23)8-12-4-2-1-3-5-12/h1-7,9,14-15,18,20-21H,8,10-11H2,(H,22,23). The van der Waals surface area contributed by atoms with Crippen molar-refractivity contribution in [2.24, 2.45) is 0 Å². The van der Waals surface area contributed by atoms with E-state index in [9.17, 15) is 9.90 Å². The number of rotatable bonds is 8. The zero-order chi connectivity index (χ0) is 16.5. The van der Waals surface area contributed by atoms with Gasteiger partial charge in [0.2, 0.25) is 0 Å². The minimum atomic E-state index is -1.15. The number of carboxylic acid groups (broad SMARTS) is 1. The quantitative estimate of drug-likeness (QED) is 0.574. The molecule has 2 rings (SSSR count). The van der Waals surface area contributed by atoms with Crippen LogP contribution in [0, 0.1) is 0 Å². The van der Waals surface area contributed by atoms with Gasteiger partial charge in [0.05, 0.1) is 17.8 Å². The van der Waals surface area contributed by atoms with Gasteiger partial charge in [-0.25, -0.2) is 4.79 Å². The first-order valence-electron chi connectivity index (χ1n) is 7.32. The Balaban J connectivity index is 1.88. The van der Waals surface area contributed by atoms with Gasteiger partial charge >= 0.3 is 6.09 Å². The van der Waals surface area contributed by atoms with Crippen LogP contribution in [0.15, 0.2) is 48.9 Å². The third kappa shape index (κ3) is 6.01. The zero-order valence-corrected chi connectivity index (χ0v) is 12.6. The molecule has 7 heteroatoms. The van der Waals surface area contributed by atoms with Crippen LogP contribution in [0.5, 0.6) is 0 Å². The Labute approximate surface area is 134 Å². The highest BCUT2D eigenvalue weighted by molar-refractivity contribution is 5.65. The number of hydrogen-bond acceptors (Lipinski definition) is 5. The Hall–Kier alpha value is -2.51. The third-order valence-electron chi connectivity index (χ3n) is 3.35. The van der Waals surface area contributed by atoms with E-state index >= 15 is 0 Å². The summed E-state index contributed by atoms with van der Waals surface area (Å²) in [6.07, 6.45) is 3.22. The fourth-order valence-corrected chi connectivity index (χ4v) is 2.22. The molecule has 1 amide bonds. The molecule has 23 heavy (non-hydrogen) atoms. The van der Waals surface area contributed by atoms with Crippen LogP contribution >= 0.6 is 0 Å². The second kappa shape index (κ2) is 8.82. The number of aliphatic hydroxyl groups excluding tert-OH is 1. The van der Waals surface area contributed by atoms with Crippen LogP contribution in [0.4, 0.5) is 4.79 Å². The molecule has 1 heterocycles. The number of carbonyl (C=O) groups is 1. The second-order valence-electron chi connectivity index (χ2n) is 5.14. The van der Waals surface area contributed by atoms with Crippen LogP contribution in [-0.4, -0.2) is 45.0 Å². The molecule has 122 valence electrons. The Morgan fingerprint density at radius 1 is 1.22 bits per heavy atom. The summed E-state index contributed by atoms with van der Waals surface area (Å²) >= 11 is 0. The molecule has 0 spiro atoms. The van der Waals surface area contributed by atoms with E-state index in [2.05, 4.69) is 20.6 Å². The van der Waals surface area contributed by atoms with Gasteiger partial charge in [-0.3, -0.25) is 9.97 Å². The van der Waals surface area contributed by atoms with E-state index in [1.54, 1.807) is 18.6 Å². The van der Waals surface area contributed by atoms with Gasteiger partial charge in [0.25, 0.3) is 0 Å². The fraction of sp³-hybridized carbons (Fsp3) is 0.312. The van der Waals surface area contributed by atoms with Gasteiger partial charge in [0.15, 0.2) is 0 Å². The highest BCUT2D eigenvalue weighted by Crippen LogP contribution is 2.06. The fourth-order valence-electron chi connectivity index (χ4n) is 2.22. The Bertz CT molecular complexity index is 595. The van der Waals surface area contributed by atoms with Crippen molar-refractivity contribution in [1.82, 2.24) is 20.6 Å². The zero-order valence-electron chi connectivity index (χ0n) is 12.6. The molecule has 0 aliphatic carbocycles. The Morgan fingerprint density at radius 3 is 2.65 bits per heavy atom. The molecule has 1 aromatic carbocycles. The van der Waals surface area contributed by atoms with E-state index in [1.807, 2.05) is 30.3 Å². The lowest BCUT2D eigenvalue weighted by atomic mass is 10.0. The number of benzene rings is 1. The van der Waals surface area contributed by atoms with E-state index < -0.39 is 18.2 Å². The largest absolute Gasteiger partial charge is 0.465 e. The molecular weight excluding hydrogens is 296 g/mol. The maximum atomic E-state index is 10.9. The molecular formula is C16H20N4O3. The first-order chi connectivity index (χ1) is 11.1. The lowest BCUT2D eigenvalue weighted by molar-refractivity contribution is 0.117. The normalized spacial score (nSPS) is 13.3. The maximum absolute atomic E-state index is 10.9. The van der Waals surface area contributed by atoms with Gasteiger partial charge in [-0.2, -0.15) is 0 Å². The molecule has 4 N–H and O–H groups in total. The van der Waals surface area contributed by atoms with Crippen LogP contribution in [0.2, 0.25) is 0 Å². The Kier molecular flexibility index (Phi) is 6.46. The lowest BCUT2D eigenvalue weighted by Gasteiger charge is -2.23. The first kappa shape index (κ1) is 16.9. The molecule has 2 aromatic rings. The van der Waals surface area contributed by atoms with Crippen molar-refractivity contribution in [1.29, 1.82) is 0 Å². The van der Waals surface area contributed by atoms with Crippen molar-refractivity contribution < 1.29 is 15.0 Å². The minimum absolute atomic E-state index is 0.244. The van der Waals surface area contributed by atoms with Crippen molar-refractivity contribution >= 4 is 6.09 Å². The van der Waals surface area contributed by atoms with Crippen molar-refractivity contribution in [2.45, 2.75) is 25.1 Å². The van der Waals surface area contributed by atoms with E-state index in [1.165, 1.54) is 0 Å². The van der Waals surface area contributed by atoms with Crippen LogP contribution in [-0.2, 0) is 13.0 Å². The predicted octanol–water partition coefficient (Wildman–Crippen LogP) is 0.806. The molecule has 0 radical (unpaired) electrons. The number of hydrogen-bond donors (Lipinski definition) is 4. The summed E-state index contributed by atoms with van der Waals surface area (Å²) in [5, 5.41) is 24.7. The summed E-state index contributed by atoms with van der Waals surface area (Å²) in [4.78, 5) is 19.0. The maximum Gasteiger partial charge on any atom is 0.404 e. The number of amides is 1. The average molecular weight is 316 g/mol. The van der Waals surface area contributed by atoms with Gasteiger partial charge in [0.1, 0.15) is 0 Å². The molecule has 0 saturated heterocycles. The lowest BCUT2D eigenvalue weighted by Crippen LogP contribution is -2.48. The summed E-state index contributed by atoms with van der Waals surface area (Å²) in [7, 11) is 0. The molecule has 1 aromatic heterocycles. The van der Waals surface area contributed by atoms with Gasteiger partial charge in [-0.05, 0) is 12.0 Å². The molecule has 2 atom stereocenters. The minimum Gasteiger partial charge on any atom is -0.465 e. The molecule has 7 nitrogen and oxygen atoms in total. The van der Waals surface area contributed by atoms with Crippen LogP contribution in [0.3, 0.4) is 0 Å². The summed E-state index contributed by atoms with van der Waals surface area (Å²) in [6, 6.07) is 8.86. The summed E-state index contributed by atoms with van der Waals surface area (Å²) in [5.41, 5.74) is 1.71. The van der Waals surface area contributed by atoms with E-state index in [4.69, 9.17) is 5.11 Å². The molecule has 0 fully saturated rings. The predicted molar refractivity (Wildman–Crippen MR) is 84.8 cm³/mol. The van der Waals surface area contributed by atoms with Gasteiger partial charge in [0, 0.05) is 31.7 Å². The number of aromatic nitrogens is 2. The van der Waals surface area contributed by atoms with E-state index in [0.29, 0.717) is 13.0 Å². The van der Waals surface area contributed by atoms with Gasteiger partial charge in [-0.15, -0.1) is 0 Å². The van der Waals surface area contributed by atoms with Crippen molar-refractivity contribution in [3.05, 3.63) is 60.2 Å². The monoisotopic (exact) mass is 316 g/mol. The van der Waals surface area contributed by atoms with Crippen LogP contribution in [0.1, 0.15) is 11.3 Å². The van der Waals surface area contributed by atoms with Gasteiger partial charge < -0.3 is 20.8 Å². The van der Waals surface area contributed by atoms with E-state index in [0.717, 1.165) is 11.3 Å². The summed E-state index contributed by atoms with van der Waals surface area (Å²) in [5.74, 6) is 0. The molecule has 0 saturated carbocycles. The van der Waals surface area contributed by atoms with Crippen LogP contribution in [0.25, 0.3) is 0 Å².